The van der Waals surface area contributed by atoms with Crippen molar-refractivity contribution < 1.29 is 0 Å². The van der Waals surface area contributed by atoms with E-state index in [0.717, 1.165) is 60.4 Å². The maximum atomic E-state index is 9.43. The maximum absolute atomic E-state index is 9.43. The van der Waals surface area contributed by atoms with E-state index in [4.69, 9.17) is 15.0 Å². The Labute approximate surface area is 274 Å². The van der Waals surface area contributed by atoms with Crippen LogP contribution in [-0.2, 0) is 0 Å². The van der Waals surface area contributed by atoms with Gasteiger partial charge in [-0.2, -0.15) is 20.5 Å². The number of nitrogens with zero attached hydrogens (tertiary/aromatic N) is 7. The van der Waals surface area contributed by atoms with Crippen molar-refractivity contribution in [1.29, 1.82) is 10.5 Å². The van der Waals surface area contributed by atoms with Crippen molar-refractivity contribution in [1.82, 2.24) is 24.1 Å². The van der Waals surface area contributed by atoms with Crippen LogP contribution in [0, 0.1) is 22.7 Å². The van der Waals surface area contributed by atoms with Crippen LogP contribution in [0.2, 0.25) is 0 Å². The van der Waals surface area contributed by atoms with E-state index >= 15 is 0 Å². The Kier molecular flexibility index (Phi) is 6.11. The SMILES string of the molecule is N#Cc1ccc(-c2nc(-c3ccc(C#N)cc3)nc(-n3c4ccccc4c4ccc5c6ccccc6n(-c6ccccc6)c5c43)n2)cc1. The number of aromatic nitrogens is 5. The highest BCUT2D eigenvalue weighted by molar-refractivity contribution is 6.23. The Morgan fingerprint density at radius 2 is 0.875 bits per heavy atom. The molecule has 0 unspecified atom stereocenters. The van der Waals surface area contributed by atoms with Gasteiger partial charge in [-0.3, -0.25) is 4.57 Å². The maximum Gasteiger partial charge on any atom is 0.238 e. The molecule has 0 saturated heterocycles. The van der Waals surface area contributed by atoms with Crippen molar-refractivity contribution >= 4 is 43.6 Å². The summed E-state index contributed by atoms with van der Waals surface area (Å²) in [5.74, 6) is 1.42. The number of rotatable bonds is 4. The Hall–Kier alpha value is -7.09. The van der Waals surface area contributed by atoms with Gasteiger partial charge in [-0.1, -0.05) is 66.7 Å². The average Bonchev–Trinajstić information content (AvgIpc) is 3.68. The van der Waals surface area contributed by atoms with Gasteiger partial charge in [-0.15, -0.1) is 0 Å². The summed E-state index contributed by atoms with van der Waals surface area (Å²) in [4.78, 5) is 15.2. The first kappa shape index (κ1) is 27.2. The lowest BCUT2D eigenvalue weighted by Crippen LogP contribution is -2.07. The van der Waals surface area contributed by atoms with E-state index in [1.807, 2.05) is 36.4 Å². The molecule has 0 aliphatic heterocycles. The van der Waals surface area contributed by atoms with E-state index in [2.05, 4.69) is 100 Å². The minimum Gasteiger partial charge on any atom is -0.307 e. The predicted molar refractivity (Wildman–Crippen MR) is 189 cm³/mol. The van der Waals surface area contributed by atoms with Crippen LogP contribution < -0.4 is 0 Å². The summed E-state index contributed by atoms with van der Waals surface area (Å²) in [5.41, 5.74) is 7.79. The van der Waals surface area contributed by atoms with E-state index in [-0.39, 0.29) is 0 Å². The molecule has 7 heteroatoms. The molecule has 0 aliphatic rings. The fourth-order valence-electron chi connectivity index (χ4n) is 6.66. The van der Waals surface area contributed by atoms with Crippen LogP contribution in [-0.4, -0.2) is 24.1 Å². The second kappa shape index (κ2) is 10.8. The molecule has 0 atom stereocenters. The summed E-state index contributed by atoms with van der Waals surface area (Å²) in [6.45, 7) is 0. The normalized spacial score (nSPS) is 11.3. The first-order chi connectivity index (χ1) is 23.7. The molecule has 0 radical (unpaired) electrons. The van der Waals surface area contributed by atoms with E-state index in [1.165, 1.54) is 0 Å². The standard InChI is InChI=1S/C41H23N7/c42-24-26-14-18-28(19-15-26)39-44-40(29-20-16-27(25-43)17-21-29)46-41(45-39)48-36-13-7-5-11-32(36)34-23-22-33-31-10-4-6-12-35(31)47(37(33)38(34)48)30-8-2-1-3-9-30/h1-23H. The van der Waals surface area contributed by atoms with Gasteiger partial charge in [0.05, 0.1) is 45.3 Å². The summed E-state index contributed by atoms with van der Waals surface area (Å²) in [7, 11) is 0. The molecule has 9 rings (SSSR count). The molecule has 7 nitrogen and oxygen atoms in total. The molecule has 3 heterocycles. The Morgan fingerprint density at radius 3 is 1.40 bits per heavy atom. The van der Waals surface area contributed by atoms with Crippen LogP contribution in [0.25, 0.3) is 78.0 Å². The van der Waals surface area contributed by atoms with Gasteiger partial charge in [0.2, 0.25) is 5.95 Å². The van der Waals surface area contributed by atoms with Crippen LogP contribution in [0.4, 0.5) is 0 Å². The van der Waals surface area contributed by atoms with Crippen molar-refractivity contribution in [2.24, 2.45) is 0 Å². The van der Waals surface area contributed by atoms with Gasteiger partial charge in [-0.05, 0) is 72.8 Å². The van der Waals surface area contributed by atoms with E-state index in [1.54, 1.807) is 24.3 Å². The van der Waals surface area contributed by atoms with E-state index in [9.17, 15) is 10.5 Å². The van der Waals surface area contributed by atoms with Gasteiger partial charge in [0.15, 0.2) is 11.6 Å². The third-order valence-electron chi connectivity index (χ3n) is 8.85. The zero-order chi connectivity index (χ0) is 32.2. The zero-order valence-electron chi connectivity index (χ0n) is 25.4. The van der Waals surface area contributed by atoms with Crippen molar-refractivity contribution in [3.05, 3.63) is 151 Å². The number of hydrogen-bond acceptors (Lipinski definition) is 5. The molecular weight excluding hydrogens is 591 g/mol. The van der Waals surface area contributed by atoms with Crippen molar-refractivity contribution in [3.63, 3.8) is 0 Å². The molecule has 0 N–H and O–H groups in total. The lowest BCUT2D eigenvalue weighted by Gasteiger charge is -2.13. The summed E-state index contributed by atoms with van der Waals surface area (Å²) in [6.07, 6.45) is 0. The van der Waals surface area contributed by atoms with Crippen molar-refractivity contribution in [2.75, 3.05) is 0 Å². The second-order valence-corrected chi connectivity index (χ2v) is 11.6. The Balaban J connectivity index is 1.44. The molecule has 0 bridgehead atoms. The molecule has 6 aromatic carbocycles. The van der Waals surface area contributed by atoms with E-state index < -0.39 is 0 Å². The molecule has 0 saturated carbocycles. The van der Waals surface area contributed by atoms with Gasteiger partial charge in [0, 0.05) is 38.4 Å². The third kappa shape index (κ3) is 4.16. The molecule has 0 spiro atoms. The van der Waals surface area contributed by atoms with Crippen LogP contribution in [0.1, 0.15) is 11.1 Å². The molecule has 222 valence electrons. The van der Waals surface area contributed by atoms with Crippen LogP contribution in [0.3, 0.4) is 0 Å². The highest BCUT2D eigenvalue weighted by Crippen LogP contribution is 2.41. The molecule has 0 fully saturated rings. The summed E-state index contributed by atoms with van der Waals surface area (Å²) in [6, 6.07) is 50.5. The first-order valence-corrected chi connectivity index (χ1v) is 15.5. The molecule has 9 aromatic rings. The monoisotopic (exact) mass is 613 g/mol. The van der Waals surface area contributed by atoms with Crippen molar-refractivity contribution in [3.8, 4) is 46.5 Å². The highest BCUT2D eigenvalue weighted by atomic mass is 15.2. The number of nitriles is 2. The van der Waals surface area contributed by atoms with Crippen molar-refractivity contribution in [2.45, 2.75) is 0 Å². The summed E-state index contributed by atoms with van der Waals surface area (Å²) >= 11 is 0. The average molecular weight is 614 g/mol. The quantitative estimate of drug-likeness (QED) is 0.197. The Morgan fingerprint density at radius 1 is 0.417 bits per heavy atom. The molecule has 3 aromatic heterocycles. The van der Waals surface area contributed by atoms with Crippen LogP contribution in [0.5, 0.6) is 0 Å². The van der Waals surface area contributed by atoms with Gasteiger partial charge < -0.3 is 4.57 Å². The second-order valence-electron chi connectivity index (χ2n) is 11.6. The lowest BCUT2D eigenvalue weighted by atomic mass is 10.1. The Bertz CT molecular complexity index is 2700. The third-order valence-corrected chi connectivity index (χ3v) is 8.85. The molecular formula is C41H23N7. The number of fused-ring (bicyclic) bond motifs is 7. The van der Waals surface area contributed by atoms with Gasteiger partial charge in [-0.25, -0.2) is 4.98 Å². The lowest BCUT2D eigenvalue weighted by molar-refractivity contribution is 0.953. The molecule has 0 amide bonds. The van der Waals surface area contributed by atoms with E-state index in [0.29, 0.717) is 28.7 Å². The number of benzene rings is 6. The van der Waals surface area contributed by atoms with Crippen LogP contribution >= 0.6 is 0 Å². The number of para-hydroxylation sites is 3. The molecule has 0 aliphatic carbocycles. The summed E-state index contributed by atoms with van der Waals surface area (Å²) < 4.78 is 4.47. The fourth-order valence-corrected chi connectivity index (χ4v) is 6.66. The minimum atomic E-state index is 0.465. The number of hydrogen-bond donors (Lipinski definition) is 0. The van der Waals surface area contributed by atoms with Gasteiger partial charge in [0.25, 0.3) is 0 Å². The fraction of sp³-hybridized carbons (Fsp3) is 0. The largest absolute Gasteiger partial charge is 0.307 e. The zero-order valence-corrected chi connectivity index (χ0v) is 25.4. The topological polar surface area (TPSA) is 96.1 Å². The highest BCUT2D eigenvalue weighted by Gasteiger charge is 2.23. The minimum absolute atomic E-state index is 0.465. The summed E-state index contributed by atoms with van der Waals surface area (Å²) in [5, 5.41) is 23.3. The smallest absolute Gasteiger partial charge is 0.238 e. The van der Waals surface area contributed by atoms with Gasteiger partial charge in [0.1, 0.15) is 0 Å². The molecule has 48 heavy (non-hydrogen) atoms. The van der Waals surface area contributed by atoms with Crippen LogP contribution in [0.15, 0.2) is 140 Å². The first-order valence-electron chi connectivity index (χ1n) is 15.5. The van der Waals surface area contributed by atoms with Gasteiger partial charge >= 0.3 is 0 Å². The predicted octanol–water partition coefficient (Wildman–Crippen LogP) is 9.14.